The first kappa shape index (κ1) is 29.9. The predicted octanol–water partition coefficient (Wildman–Crippen LogP) is 6.05. The SMILES string of the molecule is CCC(C)c1ccccc1-c1ccc(C#CC(=O)N2C[C@@H](O)[C@@H](O)C2)cc1C(F)(F)F.CCc1ccccc1. The molecule has 39 heavy (non-hydrogen) atoms. The van der Waals surface area contributed by atoms with Crippen molar-refractivity contribution in [3.63, 3.8) is 0 Å². The fourth-order valence-electron chi connectivity index (χ4n) is 4.34. The van der Waals surface area contributed by atoms with Gasteiger partial charge in [-0.1, -0.05) is 87.4 Å². The van der Waals surface area contributed by atoms with Gasteiger partial charge in [-0.2, -0.15) is 13.2 Å². The minimum Gasteiger partial charge on any atom is -0.388 e. The molecule has 0 aliphatic carbocycles. The van der Waals surface area contributed by atoms with E-state index in [4.69, 9.17) is 0 Å². The number of hydrogen-bond acceptors (Lipinski definition) is 3. The standard InChI is InChI=1S/C24H24F3NO3.C8H10/c1-3-15(2)17-6-4-5-7-18(17)19-10-8-16(12-20(19)24(25,26)27)9-11-23(31)28-13-21(29)22(30)14-28;1-2-8-6-4-3-5-7-8/h4-8,10,12,15,21-22,29-30H,3,13-14H2,1-2H3;3-7H,2H2,1H3/t15?,21-,22+;. The summed E-state index contributed by atoms with van der Waals surface area (Å²) in [6, 6.07) is 21.3. The van der Waals surface area contributed by atoms with Crippen molar-refractivity contribution in [3.8, 4) is 23.0 Å². The molecule has 1 amide bonds. The molecule has 0 radical (unpaired) electrons. The average Bonchev–Trinajstić information content (AvgIpc) is 3.29. The number of likely N-dealkylation sites (tertiary alicyclic amines) is 1. The molecule has 0 bridgehead atoms. The topological polar surface area (TPSA) is 60.8 Å². The summed E-state index contributed by atoms with van der Waals surface area (Å²) in [6.45, 7) is 6.00. The number of aliphatic hydroxyl groups is 2. The summed E-state index contributed by atoms with van der Waals surface area (Å²) in [5.41, 5.74) is 2.11. The van der Waals surface area contributed by atoms with Crippen LogP contribution >= 0.6 is 0 Å². The molecular weight excluding hydrogens is 503 g/mol. The molecule has 4 nitrogen and oxygen atoms in total. The maximum Gasteiger partial charge on any atom is 0.417 e. The molecule has 1 unspecified atom stereocenters. The van der Waals surface area contributed by atoms with Crippen molar-refractivity contribution in [1.82, 2.24) is 4.90 Å². The van der Waals surface area contributed by atoms with Crippen molar-refractivity contribution >= 4 is 5.91 Å². The number of β-amino-alcohol motifs (C(OH)–C–C–N with tert-alkyl or cyclic N) is 2. The zero-order valence-corrected chi connectivity index (χ0v) is 22.4. The van der Waals surface area contributed by atoms with Crippen LogP contribution in [-0.4, -0.2) is 46.3 Å². The first-order valence-electron chi connectivity index (χ1n) is 13.1. The number of benzene rings is 3. The van der Waals surface area contributed by atoms with Gasteiger partial charge >= 0.3 is 6.18 Å². The lowest BCUT2D eigenvalue weighted by Crippen LogP contribution is -2.28. The van der Waals surface area contributed by atoms with Crippen molar-refractivity contribution in [2.45, 2.75) is 57.9 Å². The normalized spacial score (nSPS) is 17.5. The summed E-state index contributed by atoms with van der Waals surface area (Å²) >= 11 is 0. The number of carbonyl (C=O) groups excluding carboxylic acids is 1. The van der Waals surface area contributed by atoms with E-state index in [1.54, 1.807) is 12.1 Å². The Hall–Kier alpha value is -3.60. The van der Waals surface area contributed by atoms with Gasteiger partial charge in [0.25, 0.3) is 5.91 Å². The van der Waals surface area contributed by atoms with Crippen LogP contribution in [0.4, 0.5) is 13.2 Å². The molecule has 3 atom stereocenters. The smallest absolute Gasteiger partial charge is 0.388 e. The van der Waals surface area contributed by atoms with E-state index in [9.17, 15) is 28.2 Å². The quantitative estimate of drug-likeness (QED) is 0.399. The molecule has 0 spiro atoms. The molecule has 0 aromatic heterocycles. The third kappa shape index (κ3) is 7.95. The van der Waals surface area contributed by atoms with Crippen LogP contribution in [0.15, 0.2) is 72.8 Å². The Labute approximate surface area is 228 Å². The number of nitrogens with zero attached hydrogens (tertiary/aromatic N) is 1. The zero-order chi connectivity index (χ0) is 28.6. The molecule has 3 aromatic rings. The second kappa shape index (κ2) is 13.5. The molecule has 7 heteroatoms. The second-order valence-electron chi connectivity index (χ2n) is 9.59. The molecule has 0 saturated carbocycles. The highest BCUT2D eigenvalue weighted by molar-refractivity contribution is 5.94. The van der Waals surface area contributed by atoms with Crippen LogP contribution in [0.25, 0.3) is 11.1 Å². The van der Waals surface area contributed by atoms with E-state index in [1.807, 2.05) is 32.0 Å². The second-order valence-corrected chi connectivity index (χ2v) is 9.59. The van der Waals surface area contributed by atoms with E-state index < -0.39 is 29.9 Å². The van der Waals surface area contributed by atoms with E-state index in [-0.39, 0.29) is 30.1 Å². The fourth-order valence-corrected chi connectivity index (χ4v) is 4.34. The van der Waals surface area contributed by atoms with Crippen LogP contribution in [0.5, 0.6) is 0 Å². The molecule has 1 heterocycles. The van der Waals surface area contributed by atoms with Gasteiger partial charge in [-0.05, 0) is 53.1 Å². The lowest BCUT2D eigenvalue weighted by atomic mass is 9.87. The third-order valence-corrected chi connectivity index (χ3v) is 6.83. The number of aryl methyl sites for hydroxylation is 1. The highest BCUT2D eigenvalue weighted by atomic mass is 19.4. The predicted molar refractivity (Wildman–Crippen MR) is 147 cm³/mol. The third-order valence-electron chi connectivity index (χ3n) is 6.83. The minimum absolute atomic E-state index is 0.0609. The Kier molecular flexibility index (Phi) is 10.3. The fraction of sp³-hybridized carbons (Fsp3) is 0.344. The molecule has 1 fully saturated rings. The van der Waals surface area contributed by atoms with Gasteiger partial charge in [-0.15, -0.1) is 0 Å². The monoisotopic (exact) mass is 537 g/mol. The average molecular weight is 538 g/mol. The van der Waals surface area contributed by atoms with Crippen molar-refractivity contribution in [1.29, 1.82) is 0 Å². The van der Waals surface area contributed by atoms with Crippen LogP contribution < -0.4 is 0 Å². The summed E-state index contributed by atoms with van der Waals surface area (Å²) in [7, 11) is 0. The summed E-state index contributed by atoms with van der Waals surface area (Å²) < 4.78 is 41.6. The number of aliphatic hydroxyl groups excluding tert-OH is 2. The van der Waals surface area contributed by atoms with Gasteiger partial charge in [-0.3, -0.25) is 4.79 Å². The van der Waals surface area contributed by atoms with Gasteiger partial charge in [0.2, 0.25) is 0 Å². The Bertz CT molecular complexity index is 1300. The van der Waals surface area contributed by atoms with Gasteiger partial charge in [-0.25, -0.2) is 0 Å². The van der Waals surface area contributed by atoms with Gasteiger partial charge < -0.3 is 15.1 Å². The molecule has 206 valence electrons. The number of amides is 1. The summed E-state index contributed by atoms with van der Waals surface area (Å²) in [5, 5.41) is 19.1. The van der Waals surface area contributed by atoms with Crippen LogP contribution in [0.2, 0.25) is 0 Å². The number of rotatable bonds is 4. The molecular formula is C32H34F3NO3. The Morgan fingerprint density at radius 3 is 2.13 bits per heavy atom. The van der Waals surface area contributed by atoms with Crippen molar-refractivity contribution in [2.24, 2.45) is 0 Å². The lowest BCUT2D eigenvalue weighted by molar-refractivity contribution is -0.137. The zero-order valence-electron chi connectivity index (χ0n) is 22.4. The Morgan fingerprint density at radius 1 is 0.949 bits per heavy atom. The maximum absolute atomic E-state index is 13.9. The maximum atomic E-state index is 13.9. The van der Waals surface area contributed by atoms with Gasteiger partial charge in [0.1, 0.15) is 0 Å². The van der Waals surface area contributed by atoms with Crippen LogP contribution in [0.1, 0.15) is 55.4 Å². The van der Waals surface area contributed by atoms with Gasteiger partial charge in [0.05, 0.1) is 30.9 Å². The first-order valence-corrected chi connectivity index (χ1v) is 13.1. The van der Waals surface area contributed by atoms with E-state index in [2.05, 4.69) is 43.0 Å². The lowest BCUT2D eigenvalue weighted by Gasteiger charge is -2.19. The van der Waals surface area contributed by atoms with E-state index in [1.165, 1.54) is 22.6 Å². The van der Waals surface area contributed by atoms with Gasteiger partial charge in [0.15, 0.2) is 0 Å². The van der Waals surface area contributed by atoms with E-state index >= 15 is 0 Å². The number of alkyl halides is 3. The van der Waals surface area contributed by atoms with Crippen molar-refractivity contribution in [2.75, 3.05) is 13.1 Å². The van der Waals surface area contributed by atoms with Gasteiger partial charge in [0, 0.05) is 11.5 Å². The van der Waals surface area contributed by atoms with Crippen LogP contribution in [-0.2, 0) is 17.4 Å². The summed E-state index contributed by atoms with van der Waals surface area (Å²) in [6.07, 6.45) is -4.76. The number of carbonyl (C=O) groups is 1. The minimum atomic E-state index is -4.59. The van der Waals surface area contributed by atoms with E-state index in [0.717, 1.165) is 24.5 Å². The molecule has 4 rings (SSSR count). The van der Waals surface area contributed by atoms with E-state index in [0.29, 0.717) is 5.56 Å². The molecule has 1 saturated heterocycles. The van der Waals surface area contributed by atoms with Crippen LogP contribution in [0.3, 0.4) is 0 Å². The summed E-state index contributed by atoms with van der Waals surface area (Å²) in [4.78, 5) is 13.3. The highest BCUT2D eigenvalue weighted by Crippen LogP contribution is 2.40. The number of hydrogen-bond donors (Lipinski definition) is 2. The number of halogens is 3. The molecule has 3 aromatic carbocycles. The molecule has 1 aliphatic heterocycles. The summed E-state index contributed by atoms with van der Waals surface area (Å²) in [5.74, 6) is 4.23. The van der Waals surface area contributed by atoms with Crippen molar-refractivity contribution in [3.05, 3.63) is 95.1 Å². The largest absolute Gasteiger partial charge is 0.417 e. The van der Waals surface area contributed by atoms with Crippen molar-refractivity contribution < 1.29 is 28.2 Å². The Balaban J connectivity index is 0.000000449. The van der Waals surface area contributed by atoms with Crippen LogP contribution in [0, 0.1) is 11.8 Å². The highest BCUT2D eigenvalue weighted by Gasteiger charge is 2.35. The Morgan fingerprint density at radius 2 is 1.56 bits per heavy atom. The molecule has 1 aliphatic rings. The first-order chi connectivity index (χ1) is 18.5. The molecule has 2 N–H and O–H groups in total.